The summed E-state index contributed by atoms with van der Waals surface area (Å²) < 4.78 is 16.1. The number of methoxy groups -OCH3 is 3. The number of aromatic nitrogens is 2. The van der Waals surface area contributed by atoms with Gasteiger partial charge in [-0.15, -0.1) is 0 Å². The molecular weight excluding hydrogens is 436 g/mol. The van der Waals surface area contributed by atoms with E-state index in [1.54, 1.807) is 23.1 Å². The van der Waals surface area contributed by atoms with Crippen LogP contribution in [0.25, 0.3) is 11.3 Å². The predicted molar refractivity (Wildman–Crippen MR) is 117 cm³/mol. The average molecular weight is 461 g/mol. The van der Waals surface area contributed by atoms with Crippen molar-refractivity contribution < 1.29 is 28.6 Å². The topological polar surface area (TPSA) is 114 Å². The van der Waals surface area contributed by atoms with E-state index in [-0.39, 0.29) is 28.8 Å². The van der Waals surface area contributed by atoms with Gasteiger partial charge in [-0.05, 0) is 31.0 Å². The smallest absolute Gasteiger partial charge is 0.289 e. The Morgan fingerprint density at radius 2 is 1.72 bits per heavy atom. The lowest BCUT2D eigenvalue weighted by molar-refractivity contribution is -0.126. The van der Waals surface area contributed by atoms with Crippen LogP contribution in [-0.4, -0.2) is 83.3 Å². The maximum Gasteiger partial charge on any atom is 0.289 e. The zero-order valence-corrected chi connectivity index (χ0v) is 18.9. The first-order valence-corrected chi connectivity index (χ1v) is 11.1. The van der Waals surface area contributed by atoms with Crippen LogP contribution in [0.2, 0.25) is 0 Å². The largest absolute Gasteiger partial charge is 0.493 e. The van der Waals surface area contributed by atoms with E-state index in [0.29, 0.717) is 60.1 Å². The molecule has 0 atom stereocenters. The molecule has 2 aromatic rings. The molecule has 3 heterocycles. The third-order valence-electron chi connectivity index (χ3n) is 5.67. The van der Waals surface area contributed by atoms with Crippen molar-refractivity contribution in [3.05, 3.63) is 23.9 Å². The van der Waals surface area contributed by atoms with E-state index in [9.17, 15) is 14.4 Å². The Morgan fingerprint density at radius 1 is 1.06 bits per heavy atom. The highest BCUT2D eigenvalue weighted by Crippen LogP contribution is 2.41. The van der Waals surface area contributed by atoms with Crippen LogP contribution in [0, 0.1) is 0 Å². The number of carbonyl (C=O) groups is 3. The number of rotatable bonds is 6. The van der Waals surface area contributed by atoms with Gasteiger partial charge in [-0.25, -0.2) is 0 Å². The minimum atomic E-state index is -0.191. The molecule has 0 aliphatic carbocycles. The molecule has 10 nitrogen and oxygen atoms in total. The molecule has 2 fully saturated rings. The highest BCUT2D eigenvalue weighted by Gasteiger charge is 2.38. The van der Waals surface area contributed by atoms with E-state index in [4.69, 9.17) is 14.2 Å². The van der Waals surface area contributed by atoms with Gasteiger partial charge >= 0.3 is 0 Å². The third kappa shape index (κ3) is 3.99. The highest BCUT2D eigenvalue weighted by molar-refractivity contribution is 8.14. The summed E-state index contributed by atoms with van der Waals surface area (Å²) in [5.41, 5.74) is 1.63. The molecule has 170 valence electrons. The molecule has 2 aliphatic rings. The van der Waals surface area contributed by atoms with Crippen molar-refractivity contribution in [1.29, 1.82) is 0 Å². The normalized spacial score (nSPS) is 17.1. The molecular formula is C21H24N4O6S. The van der Waals surface area contributed by atoms with Crippen molar-refractivity contribution in [1.82, 2.24) is 20.0 Å². The fraction of sp³-hybridized carbons (Fsp3) is 0.429. The predicted octanol–water partition coefficient (Wildman–Crippen LogP) is 2.40. The zero-order valence-electron chi connectivity index (χ0n) is 18.0. The fourth-order valence-corrected chi connectivity index (χ4v) is 4.80. The van der Waals surface area contributed by atoms with Gasteiger partial charge in [-0.3, -0.25) is 24.4 Å². The third-order valence-corrected chi connectivity index (χ3v) is 6.51. The number of hydrogen-bond acceptors (Lipinski definition) is 8. The number of imide groups is 1. The van der Waals surface area contributed by atoms with Crippen LogP contribution in [-0.2, 0) is 4.79 Å². The van der Waals surface area contributed by atoms with Crippen molar-refractivity contribution >= 4 is 28.8 Å². The van der Waals surface area contributed by atoms with E-state index < -0.39 is 0 Å². The summed E-state index contributed by atoms with van der Waals surface area (Å²) in [6.07, 6.45) is 1.13. The molecule has 0 spiro atoms. The quantitative estimate of drug-likeness (QED) is 0.699. The summed E-state index contributed by atoms with van der Waals surface area (Å²) >= 11 is 1.04. The van der Waals surface area contributed by atoms with Crippen molar-refractivity contribution in [2.75, 3.05) is 40.2 Å². The number of hydrogen-bond donors (Lipinski definition) is 1. The maximum absolute atomic E-state index is 13.0. The van der Waals surface area contributed by atoms with E-state index in [0.717, 1.165) is 11.8 Å². The summed E-state index contributed by atoms with van der Waals surface area (Å²) in [7, 11) is 4.60. The minimum Gasteiger partial charge on any atom is -0.493 e. The number of amides is 3. The van der Waals surface area contributed by atoms with Crippen LogP contribution in [0.15, 0.2) is 18.2 Å². The van der Waals surface area contributed by atoms with E-state index >= 15 is 0 Å². The number of H-pyrrole nitrogens is 1. The van der Waals surface area contributed by atoms with Gasteiger partial charge in [0.15, 0.2) is 11.5 Å². The zero-order chi connectivity index (χ0) is 22.8. The standard InChI is InChI=1S/C21H24N4O6S/c1-29-16-8-12(9-17(30-2)19(16)31-3)14-10-15(23-22-14)20(27)24-6-4-13(5-7-24)25-18(26)11-32-21(25)28/h8-10,13H,4-7,11H2,1-3H3,(H,22,23). The summed E-state index contributed by atoms with van der Waals surface area (Å²) in [4.78, 5) is 39.9. The van der Waals surface area contributed by atoms with Crippen molar-refractivity contribution in [3.8, 4) is 28.5 Å². The molecule has 32 heavy (non-hydrogen) atoms. The average Bonchev–Trinajstić information content (AvgIpc) is 3.44. The highest BCUT2D eigenvalue weighted by atomic mass is 32.2. The molecule has 4 rings (SSSR count). The molecule has 2 saturated heterocycles. The summed E-state index contributed by atoms with van der Waals surface area (Å²) in [5.74, 6) is 1.33. The van der Waals surface area contributed by atoms with Crippen LogP contribution in [0.5, 0.6) is 17.2 Å². The summed E-state index contributed by atoms with van der Waals surface area (Å²) in [6, 6.07) is 5.06. The first-order valence-electron chi connectivity index (χ1n) is 10.1. The number of nitrogens with one attached hydrogen (secondary N) is 1. The van der Waals surface area contributed by atoms with Gasteiger partial charge in [0.05, 0.1) is 32.8 Å². The maximum atomic E-state index is 13.0. The number of carbonyl (C=O) groups excluding carboxylic acids is 3. The first-order chi connectivity index (χ1) is 15.5. The van der Waals surface area contributed by atoms with Crippen molar-refractivity contribution in [3.63, 3.8) is 0 Å². The Kier molecular flexibility index (Phi) is 6.26. The molecule has 0 saturated carbocycles. The second-order valence-electron chi connectivity index (χ2n) is 7.42. The van der Waals surface area contributed by atoms with Gasteiger partial charge in [0.25, 0.3) is 11.1 Å². The molecule has 0 unspecified atom stereocenters. The van der Waals surface area contributed by atoms with Crippen LogP contribution in [0.1, 0.15) is 23.3 Å². The molecule has 0 bridgehead atoms. The lowest BCUT2D eigenvalue weighted by Gasteiger charge is -2.35. The second kappa shape index (κ2) is 9.11. The Bertz CT molecular complexity index is 1010. The molecule has 1 aromatic carbocycles. The molecule has 1 aromatic heterocycles. The van der Waals surface area contributed by atoms with Crippen LogP contribution >= 0.6 is 11.8 Å². The van der Waals surface area contributed by atoms with Crippen LogP contribution in [0.3, 0.4) is 0 Å². The Labute approximate surface area is 189 Å². The number of thioether (sulfide) groups is 1. The van der Waals surface area contributed by atoms with E-state index in [1.165, 1.54) is 26.2 Å². The number of piperidine rings is 1. The van der Waals surface area contributed by atoms with E-state index in [2.05, 4.69) is 10.2 Å². The van der Waals surface area contributed by atoms with Gasteiger partial charge in [0.1, 0.15) is 5.69 Å². The summed E-state index contributed by atoms with van der Waals surface area (Å²) in [6.45, 7) is 0.924. The molecule has 1 N–H and O–H groups in total. The fourth-order valence-electron chi connectivity index (χ4n) is 4.02. The van der Waals surface area contributed by atoms with Gasteiger partial charge in [0.2, 0.25) is 11.7 Å². The monoisotopic (exact) mass is 460 g/mol. The molecule has 0 radical (unpaired) electrons. The first kappa shape index (κ1) is 22.0. The molecule has 3 amide bonds. The van der Waals surface area contributed by atoms with Crippen molar-refractivity contribution in [2.45, 2.75) is 18.9 Å². The van der Waals surface area contributed by atoms with Crippen LogP contribution in [0.4, 0.5) is 4.79 Å². The SMILES string of the molecule is COc1cc(-c2cc(C(=O)N3CCC(N4C(=O)CSC4=O)CC3)[nH]n2)cc(OC)c1OC. The molecule has 11 heteroatoms. The van der Waals surface area contributed by atoms with Crippen molar-refractivity contribution in [2.24, 2.45) is 0 Å². The second-order valence-corrected chi connectivity index (χ2v) is 8.35. The lowest BCUT2D eigenvalue weighted by Crippen LogP contribution is -2.48. The van der Waals surface area contributed by atoms with Crippen LogP contribution < -0.4 is 14.2 Å². The Balaban J connectivity index is 1.47. The van der Waals surface area contributed by atoms with Gasteiger partial charge in [0, 0.05) is 24.7 Å². The minimum absolute atomic E-state index is 0.145. The number of benzene rings is 1. The summed E-state index contributed by atoms with van der Waals surface area (Å²) in [5, 5.41) is 6.90. The van der Waals surface area contributed by atoms with Gasteiger partial charge in [-0.1, -0.05) is 11.8 Å². The number of likely N-dealkylation sites (tertiary alicyclic amines) is 1. The Hall–Kier alpha value is -3.21. The number of nitrogens with zero attached hydrogens (tertiary/aromatic N) is 3. The molecule has 2 aliphatic heterocycles. The van der Waals surface area contributed by atoms with Gasteiger partial charge in [-0.2, -0.15) is 5.10 Å². The number of ether oxygens (including phenoxy) is 3. The van der Waals surface area contributed by atoms with Gasteiger partial charge < -0.3 is 19.1 Å². The van der Waals surface area contributed by atoms with E-state index in [1.807, 2.05) is 0 Å². The lowest BCUT2D eigenvalue weighted by atomic mass is 10.0. The number of aromatic amines is 1. The Morgan fingerprint density at radius 3 is 2.25 bits per heavy atom.